The molecule has 1 saturated carbocycles. The minimum absolute atomic E-state index is 0.0521. The van der Waals surface area contributed by atoms with E-state index >= 15 is 0 Å². The molecule has 0 spiro atoms. The molecule has 0 bridgehead atoms. The van der Waals surface area contributed by atoms with Crippen LogP contribution in [0.15, 0.2) is 18.2 Å². The van der Waals surface area contributed by atoms with Crippen molar-refractivity contribution in [1.82, 2.24) is 5.32 Å². The highest BCUT2D eigenvalue weighted by Crippen LogP contribution is 2.39. The van der Waals surface area contributed by atoms with Crippen LogP contribution in [-0.4, -0.2) is 19.0 Å². The van der Waals surface area contributed by atoms with Gasteiger partial charge in [0.05, 0.1) is 5.41 Å². The number of carbonyl (C=O) groups is 1. The van der Waals surface area contributed by atoms with Crippen molar-refractivity contribution in [2.75, 3.05) is 13.1 Å². The van der Waals surface area contributed by atoms with Crippen LogP contribution < -0.4 is 11.1 Å². The van der Waals surface area contributed by atoms with Crippen LogP contribution in [-0.2, 0) is 11.2 Å². The van der Waals surface area contributed by atoms with Crippen LogP contribution >= 0.6 is 0 Å². The van der Waals surface area contributed by atoms with Gasteiger partial charge in [0.15, 0.2) is 0 Å². The molecule has 0 saturated heterocycles. The number of benzene rings is 1. The summed E-state index contributed by atoms with van der Waals surface area (Å²) in [6.45, 7) is 0.687. The van der Waals surface area contributed by atoms with Crippen molar-refractivity contribution in [3.8, 4) is 0 Å². The summed E-state index contributed by atoms with van der Waals surface area (Å²) in [5.74, 6) is -1.22. The molecule has 1 aliphatic carbocycles. The number of carbonyl (C=O) groups excluding carboxylic acids is 1. The molecule has 0 heterocycles. The fourth-order valence-corrected chi connectivity index (χ4v) is 2.35. The Morgan fingerprint density at radius 2 is 2.11 bits per heavy atom. The average Bonchev–Trinajstić information content (AvgIpc) is 2.31. The summed E-state index contributed by atoms with van der Waals surface area (Å²) in [5.41, 5.74) is 5.62. The minimum Gasteiger partial charge on any atom is -0.355 e. The quantitative estimate of drug-likeness (QED) is 0.855. The van der Waals surface area contributed by atoms with E-state index in [1.54, 1.807) is 0 Å². The minimum atomic E-state index is -0.596. The predicted molar refractivity (Wildman–Crippen MR) is 68.4 cm³/mol. The molecule has 104 valence electrons. The highest BCUT2D eigenvalue weighted by atomic mass is 19.1. The van der Waals surface area contributed by atoms with Gasteiger partial charge < -0.3 is 11.1 Å². The zero-order chi connectivity index (χ0) is 13.9. The summed E-state index contributed by atoms with van der Waals surface area (Å²) in [5, 5.41) is 2.79. The zero-order valence-corrected chi connectivity index (χ0v) is 10.7. The largest absolute Gasteiger partial charge is 0.355 e. The Morgan fingerprint density at radius 1 is 1.37 bits per heavy atom. The molecule has 0 aromatic heterocycles. The molecular weight excluding hydrogens is 250 g/mol. The van der Waals surface area contributed by atoms with E-state index in [0.29, 0.717) is 25.1 Å². The van der Waals surface area contributed by atoms with Gasteiger partial charge in [-0.2, -0.15) is 0 Å². The van der Waals surface area contributed by atoms with Gasteiger partial charge in [0.25, 0.3) is 0 Å². The van der Waals surface area contributed by atoms with E-state index in [4.69, 9.17) is 5.73 Å². The maximum atomic E-state index is 13.4. The van der Waals surface area contributed by atoms with Gasteiger partial charge >= 0.3 is 0 Å². The van der Waals surface area contributed by atoms with Gasteiger partial charge in [-0.1, -0.05) is 12.5 Å². The molecule has 0 radical (unpaired) electrons. The van der Waals surface area contributed by atoms with E-state index in [0.717, 1.165) is 25.3 Å². The van der Waals surface area contributed by atoms with Gasteiger partial charge in [0.2, 0.25) is 5.91 Å². The highest BCUT2D eigenvalue weighted by Gasteiger charge is 2.42. The van der Waals surface area contributed by atoms with Crippen LogP contribution in [0.3, 0.4) is 0 Å². The number of nitrogens with two attached hydrogens (primary N) is 1. The third kappa shape index (κ3) is 2.92. The van der Waals surface area contributed by atoms with Gasteiger partial charge in [0.1, 0.15) is 11.6 Å². The number of rotatable bonds is 5. The zero-order valence-electron chi connectivity index (χ0n) is 10.7. The van der Waals surface area contributed by atoms with Crippen LogP contribution in [0.5, 0.6) is 0 Å². The van der Waals surface area contributed by atoms with E-state index in [9.17, 15) is 13.6 Å². The smallest absolute Gasteiger partial charge is 0.227 e. The third-order valence-electron chi connectivity index (χ3n) is 3.88. The molecule has 0 atom stereocenters. The lowest BCUT2D eigenvalue weighted by Crippen LogP contribution is -2.50. The van der Waals surface area contributed by atoms with Crippen molar-refractivity contribution in [1.29, 1.82) is 0 Å². The first kappa shape index (κ1) is 13.9. The lowest BCUT2D eigenvalue weighted by Gasteiger charge is -2.39. The van der Waals surface area contributed by atoms with Crippen LogP contribution in [0.4, 0.5) is 8.78 Å². The lowest BCUT2D eigenvalue weighted by molar-refractivity contribution is -0.135. The predicted octanol–water partition coefficient (Wildman–Crippen LogP) is 1.75. The Morgan fingerprint density at radius 3 is 2.63 bits per heavy atom. The van der Waals surface area contributed by atoms with Gasteiger partial charge in [-0.3, -0.25) is 4.79 Å². The normalized spacial score (nSPS) is 16.8. The molecule has 5 heteroatoms. The summed E-state index contributed by atoms with van der Waals surface area (Å²) in [6, 6.07) is 3.47. The molecule has 0 aliphatic heterocycles. The van der Waals surface area contributed by atoms with Gasteiger partial charge in [-0.05, 0) is 30.9 Å². The lowest BCUT2D eigenvalue weighted by atomic mass is 9.68. The second-order valence-corrected chi connectivity index (χ2v) is 5.08. The molecule has 1 amide bonds. The van der Waals surface area contributed by atoms with E-state index < -0.39 is 17.0 Å². The molecule has 19 heavy (non-hydrogen) atoms. The van der Waals surface area contributed by atoms with E-state index in [1.807, 2.05) is 0 Å². The molecule has 2 rings (SSSR count). The van der Waals surface area contributed by atoms with Gasteiger partial charge in [-0.15, -0.1) is 0 Å². The van der Waals surface area contributed by atoms with Crippen LogP contribution in [0, 0.1) is 17.0 Å². The Labute approximate surface area is 111 Å². The SMILES string of the molecule is NCC1(C(=O)NCCc2ccc(F)cc2F)CCC1. The van der Waals surface area contributed by atoms with Crippen molar-refractivity contribution in [3.05, 3.63) is 35.4 Å². The summed E-state index contributed by atoms with van der Waals surface area (Å²) < 4.78 is 26.1. The molecule has 1 aromatic carbocycles. The van der Waals surface area contributed by atoms with Crippen molar-refractivity contribution < 1.29 is 13.6 Å². The molecule has 1 aromatic rings. The molecule has 3 nitrogen and oxygen atoms in total. The average molecular weight is 268 g/mol. The number of hydrogen-bond donors (Lipinski definition) is 2. The van der Waals surface area contributed by atoms with Crippen LogP contribution in [0.25, 0.3) is 0 Å². The number of hydrogen-bond acceptors (Lipinski definition) is 2. The highest BCUT2D eigenvalue weighted by molar-refractivity contribution is 5.83. The Bertz CT molecular complexity index is 467. The summed E-state index contributed by atoms with van der Waals surface area (Å²) >= 11 is 0. The first-order valence-electron chi connectivity index (χ1n) is 6.50. The summed E-state index contributed by atoms with van der Waals surface area (Å²) in [6.07, 6.45) is 3.01. The maximum Gasteiger partial charge on any atom is 0.227 e. The Balaban J connectivity index is 1.85. The maximum absolute atomic E-state index is 13.4. The first-order valence-corrected chi connectivity index (χ1v) is 6.50. The molecular formula is C14H18F2N2O. The second kappa shape index (κ2) is 5.65. The Hall–Kier alpha value is -1.49. The Kier molecular flexibility index (Phi) is 4.14. The molecule has 3 N–H and O–H groups in total. The van der Waals surface area contributed by atoms with E-state index in [1.165, 1.54) is 12.1 Å². The molecule has 1 aliphatic rings. The van der Waals surface area contributed by atoms with Crippen LogP contribution in [0.1, 0.15) is 24.8 Å². The summed E-state index contributed by atoms with van der Waals surface area (Å²) in [4.78, 5) is 12.0. The van der Waals surface area contributed by atoms with Crippen LogP contribution in [0.2, 0.25) is 0 Å². The number of halogens is 2. The second-order valence-electron chi connectivity index (χ2n) is 5.08. The van der Waals surface area contributed by atoms with Crippen molar-refractivity contribution in [2.24, 2.45) is 11.1 Å². The fraction of sp³-hybridized carbons (Fsp3) is 0.500. The summed E-state index contributed by atoms with van der Waals surface area (Å²) in [7, 11) is 0. The monoisotopic (exact) mass is 268 g/mol. The van der Waals surface area contributed by atoms with E-state index in [-0.39, 0.29) is 5.91 Å². The van der Waals surface area contributed by atoms with Crippen molar-refractivity contribution in [3.63, 3.8) is 0 Å². The molecule has 0 unspecified atom stereocenters. The third-order valence-corrected chi connectivity index (χ3v) is 3.88. The fourth-order valence-electron chi connectivity index (χ4n) is 2.35. The number of nitrogens with one attached hydrogen (secondary N) is 1. The van der Waals surface area contributed by atoms with Gasteiger partial charge in [0, 0.05) is 19.2 Å². The van der Waals surface area contributed by atoms with E-state index in [2.05, 4.69) is 5.32 Å². The standard InChI is InChI=1S/C14H18F2N2O/c15-11-3-2-10(12(16)8-11)4-7-18-13(19)14(9-17)5-1-6-14/h2-3,8H,1,4-7,9,17H2,(H,18,19). The first-order chi connectivity index (χ1) is 9.07. The number of amides is 1. The molecule has 1 fully saturated rings. The topological polar surface area (TPSA) is 55.1 Å². The van der Waals surface area contributed by atoms with Crippen molar-refractivity contribution in [2.45, 2.75) is 25.7 Å². The van der Waals surface area contributed by atoms with Crippen molar-refractivity contribution >= 4 is 5.91 Å². The van der Waals surface area contributed by atoms with Gasteiger partial charge in [-0.25, -0.2) is 8.78 Å².